The van der Waals surface area contributed by atoms with E-state index < -0.39 is 18.2 Å². The fourth-order valence-electron chi connectivity index (χ4n) is 0.284. The van der Waals surface area contributed by atoms with E-state index in [-0.39, 0.29) is 0 Å². The maximum Gasteiger partial charge on any atom is 0.475 e. The predicted octanol–water partition coefficient (Wildman–Crippen LogP) is 2.35. The highest BCUT2D eigenvalue weighted by Crippen LogP contribution is 2.75. The minimum Gasteiger partial charge on any atom is -0.302 e. The van der Waals surface area contributed by atoms with Crippen molar-refractivity contribution in [1.82, 2.24) is 0 Å². The monoisotopic (exact) mass is 338 g/mol. The molecule has 13 heavy (non-hydrogen) atoms. The summed E-state index contributed by atoms with van der Waals surface area (Å²) < 4.78 is 16.4. The van der Waals surface area contributed by atoms with Gasteiger partial charge in [0.25, 0.3) is 5.69 Å². The van der Waals surface area contributed by atoms with Gasteiger partial charge in [-0.3, -0.25) is 4.31 Å². The standard InChI is InChI=1S/H5O5P3S5/c1-6(2,3)4-7(9,10)5-8(11,12)13/h(H,9,10)(H2,1,2,3)(H2,11,12,13). The van der Waals surface area contributed by atoms with E-state index in [1.807, 2.05) is 0 Å². The highest BCUT2D eigenvalue weighted by molar-refractivity contribution is 8.91. The summed E-state index contributed by atoms with van der Waals surface area (Å²) in [5, 5.41) is 0. The zero-order valence-corrected chi connectivity index (χ0v) is 12.6. The van der Waals surface area contributed by atoms with Crippen LogP contribution in [-0.4, -0.2) is 9.79 Å². The van der Waals surface area contributed by atoms with Gasteiger partial charge in [0, 0.05) is 0 Å². The van der Waals surface area contributed by atoms with Crippen LogP contribution in [0.2, 0.25) is 0 Å². The Kier molecular flexibility index (Phi) is 6.13. The number of rotatable bonds is 4. The predicted molar refractivity (Wildman–Crippen MR) is 69.7 cm³/mol. The van der Waals surface area contributed by atoms with Gasteiger partial charge in [-0.05, 0) is 23.6 Å². The van der Waals surface area contributed by atoms with Crippen molar-refractivity contribution >= 4 is 78.5 Å². The molecular formula is H5O5P3S5. The van der Waals surface area contributed by atoms with Gasteiger partial charge in [-0.15, -0.1) is 24.5 Å². The first kappa shape index (κ1) is 15.4. The van der Waals surface area contributed by atoms with Gasteiger partial charge in [0.1, 0.15) is 0 Å². The van der Waals surface area contributed by atoms with E-state index in [0.29, 0.717) is 0 Å². The highest BCUT2D eigenvalue weighted by Gasteiger charge is 2.29. The average molecular weight is 338 g/mol. The maximum absolute atomic E-state index is 10.4. The third-order valence-electron chi connectivity index (χ3n) is 0.419. The minimum atomic E-state index is -4.73. The second kappa shape index (κ2) is 5.17. The Bertz CT molecular complexity index is 282. The van der Waals surface area contributed by atoms with Gasteiger partial charge in [0.05, 0.1) is 0 Å². The number of hydrogen-bond donors (Lipinski definition) is 5. The average Bonchev–Trinajstić information content (AvgIpc) is 1.43. The lowest BCUT2D eigenvalue weighted by Gasteiger charge is -2.19. The van der Waals surface area contributed by atoms with Crippen molar-refractivity contribution in [3.8, 4) is 0 Å². The van der Waals surface area contributed by atoms with Crippen LogP contribution >= 0.6 is 54.9 Å². The van der Waals surface area contributed by atoms with Crippen molar-refractivity contribution in [2.24, 2.45) is 0 Å². The molecule has 0 aromatic heterocycles. The fraction of sp³-hybridized carbons (Fsp3) is 0. The van der Waals surface area contributed by atoms with Gasteiger partial charge in [-0.25, -0.2) is 8.88 Å². The maximum atomic E-state index is 10.4. The second-order valence-electron chi connectivity index (χ2n) is 1.61. The second-order valence-corrected chi connectivity index (χ2v) is 17.1. The van der Waals surface area contributed by atoms with Crippen LogP contribution in [0, 0.1) is 0 Å². The van der Waals surface area contributed by atoms with Crippen molar-refractivity contribution in [3.63, 3.8) is 0 Å². The normalized spacial score (nSPS) is 18.2. The van der Waals surface area contributed by atoms with Crippen LogP contribution in [0.25, 0.3) is 0 Å². The van der Waals surface area contributed by atoms with E-state index in [9.17, 15) is 4.57 Å². The summed E-state index contributed by atoms with van der Waals surface area (Å²) in [6, 6.07) is 0. The fourth-order valence-corrected chi connectivity index (χ4v) is 11.8. The molecule has 80 valence electrons. The van der Waals surface area contributed by atoms with Crippen molar-refractivity contribution in [3.05, 3.63) is 0 Å². The van der Waals surface area contributed by atoms with E-state index in [1.165, 1.54) is 0 Å². The lowest BCUT2D eigenvalue weighted by atomic mass is 15.7. The molecule has 0 aliphatic heterocycles. The van der Waals surface area contributed by atoms with E-state index in [2.05, 4.69) is 64.7 Å². The molecule has 0 saturated carbocycles. The molecule has 0 spiro atoms. The Balaban J connectivity index is 4.54. The summed E-state index contributed by atoms with van der Waals surface area (Å²) in [6.45, 7) is 0. The van der Waals surface area contributed by atoms with E-state index in [4.69, 9.17) is 14.1 Å². The van der Waals surface area contributed by atoms with Crippen LogP contribution in [0.15, 0.2) is 0 Å². The van der Waals surface area contributed by atoms with Crippen LogP contribution in [0.5, 0.6) is 0 Å². The molecule has 0 saturated heterocycles. The molecule has 0 fully saturated rings. The zero-order chi connectivity index (χ0) is 10.9. The Morgan fingerprint density at radius 3 is 1.69 bits per heavy atom. The summed E-state index contributed by atoms with van der Waals surface area (Å²) in [5.41, 5.74) is -3.38. The van der Waals surface area contributed by atoms with Gasteiger partial charge in [-0.2, -0.15) is 0 Å². The highest BCUT2D eigenvalue weighted by atomic mass is 33.2. The molecule has 1 atom stereocenters. The summed E-state index contributed by atoms with van der Waals surface area (Å²) >= 11 is 20.3. The molecule has 1 unspecified atom stereocenters. The molecule has 0 aliphatic carbocycles. The first-order valence-electron chi connectivity index (χ1n) is 2.28. The molecule has 0 aromatic rings. The Labute approximate surface area is 101 Å². The van der Waals surface area contributed by atoms with E-state index >= 15 is 0 Å². The third kappa shape index (κ3) is 10.7. The van der Waals surface area contributed by atoms with Crippen LogP contribution in [0.4, 0.5) is 0 Å². The smallest absolute Gasteiger partial charge is 0.302 e. The molecule has 0 rings (SSSR count). The molecular weight excluding hydrogens is 333 g/mol. The molecule has 5 nitrogen and oxygen atoms in total. The Morgan fingerprint density at radius 1 is 1.08 bits per heavy atom. The van der Waals surface area contributed by atoms with Crippen molar-refractivity contribution in [1.29, 1.82) is 0 Å². The first-order valence-corrected chi connectivity index (χ1v) is 12.6. The number of hydrogen-bond acceptors (Lipinski definition) is 5. The molecule has 13 heteroatoms. The molecule has 2 N–H and O–H groups in total. The van der Waals surface area contributed by atoms with E-state index in [0.717, 1.165) is 0 Å². The lowest BCUT2D eigenvalue weighted by molar-refractivity contribution is 0.288. The van der Waals surface area contributed by atoms with Crippen molar-refractivity contribution in [2.75, 3.05) is 0 Å². The molecule has 0 radical (unpaired) electrons. The summed E-state index contributed by atoms with van der Waals surface area (Å²) in [6.07, 6.45) is 0. The zero-order valence-electron chi connectivity index (χ0n) is 5.62. The van der Waals surface area contributed by atoms with Crippen molar-refractivity contribution in [2.45, 2.75) is 0 Å². The number of thiol groups is 3. The molecule has 0 heterocycles. The minimum absolute atomic E-state index is 2.75. The Hall–Kier alpha value is 2.42. The van der Waals surface area contributed by atoms with Crippen LogP contribution < -0.4 is 0 Å². The lowest BCUT2D eigenvalue weighted by Crippen LogP contribution is -1.83. The summed E-state index contributed by atoms with van der Waals surface area (Å²) in [5.74, 6) is 0. The van der Waals surface area contributed by atoms with Gasteiger partial charge in [0.2, 0.25) is 0 Å². The SMILES string of the molecule is O=P(O)(O)OP(=S)(S)OP(=S)(S)S. The molecule has 0 aliphatic rings. The Morgan fingerprint density at radius 2 is 1.46 bits per heavy atom. The summed E-state index contributed by atoms with van der Waals surface area (Å²) in [4.78, 5) is 16.8. The van der Waals surface area contributed by atoms with Crippen LogP contribution in [0.3, 0.4) is 0 Å². The van der Waals surface area contributed by atoms with Crippen LogP contribution in [-0.2, 0) is 36.8 Å². The van der Waals surface area contributed by atoms with Gasteiger partial charge >= 0.3 is 7.82 Å². The van der Waals surface area contributed by atoms with Crippen LogP contribution in [0.1, 0.15) is 0 Å². The quantitative estimate of drug-likeness (QED) is 0.398. The first-order chi connectivity index (χ1) is 5.41. The van der Waals surface area contributed by atoms with Gasteiger partial charge in [0.15, 0.2) is 4.67 Å². The largest absolute Gasteiger partial charge is 0.475 e. The van der Waals surface area contributed by atoms with E-state index in [1.54, 1.807) is 0 Å². The van der Waals surface area contributed by atoms with Crippen molar-refractivity contribution < 1.29 is 23.0 Å². The molecule has 0 amide bonds. The molecule has 0 bridgehead atoms. The molecule has 0 aromatic carbocycles. The number of phosphoric acid groups is 1. The third-order valence-corrected chi connectivity index (χ3v) is 8.20. The summed E-state index contributed by atoms with van der Waals surface area (Å²) in [7, 11) is -4.73. The van der Waals surface area contributed by atoms with Gasteiger partial charge < -0.3 is 9.79 Å². The van der Waals surface area contributed by atoms with Gasteiger partial charge in [-0.1, -0.05) is 12.2 Å². The topological polar surface area (TPSA) is 76.0 Å².